The van der Waals surface area contributed by atoms with Crippen LogP contribution in [0.2, 0.25) is 0 Å². The zero-order valence-electron chi connectivity index (χ0n) is 51.0. The number of phenols is 1. The number of amidine groups is 2. The van der Waals surface area contributed by atoms with E-state index in [2.05, 4.69) is 62.7 Å². The van der Waals surface area contributed by atoms with E-state index in [-0.39, 0.29) is 66.5 Å². The molecule has 8 rings (SSSR count). The molecule has 6 aliphatic rings. The average molecular weight is 1360 g/mol. The number of nitrogens with one attached hydrogen (secondary N) is 3. The van der Waals surface area contributed by atoms with E-state index >= 15 is 0 Å². The summed E-state index contributed by atoms with van der Waals surface area (Å²) in [5, 5.41) is 20.6. The molecule has 17 heteroatoms. The van der Waals surface area contributed by atoms with Gasteiger partial charge in [-0.1, -0.05) is 73.8 Å². The number of aliphatic imine (C=N–C) groups is 2. The number of rotatable bonds is 19. The minimum Gasteiger partial charge on any atom is -0.518 e. The quantitative estimate of drug-likeness (QED) is 0.0461. The second-order valence-corrected chi connectivity index (χ2v) is 22.3. The molecule has 0 spiro atoms. The molecule has 14 nitrogen and oxygen atoms in total. The van der Waals surface area contributed by atoms with E-state index in [9.17, 15) is 23.9 Å². The van der Waals surface area contributed by atoms with Gasteiger partial charge in [-0.05, 0) is 144 Å². The number of piperidine rings is 1. The number of benzene rings is 2. The maximum absolute atomic E-state index is 14.8. The van der Waals surface area contributed by atoms with Crippen LogP contribution in [0.3, 0.4) is 0 Å². The van der Waals surface area contributed by atoms with Gasteiger partial charge in [0.1, 0.15) is 41.6 Å². The number of likely N-dealkylation sites (tertiary alicyclic amines) is 1. The number of dihydropyridines is 1. The van der Waals surface area contributed by atoms with Gasteiger partial charge in [0.15, 0.2) is 0 Å². The number of aryl methyl sites for hydroxylation is 2. The van der Waals surface area contributed by atoms with Crippen LogP contribution in [0, 0.1) is 56.5 Å². The van der Waals surface area contributed by atoms with Gasteiger partial charge in [-0.25, -0.2) is 9.38 Å². The van der Waals surface area contributed by atoms with Gasteiger partial charge in [0.2, 0.25) is 11.8 Å². The van der Waals surface area contributed by atoms with Crippen LogP contribution in [0.5, 0.6) is 11.5 Å². The van der Waals surface area contributed by atoms with Gasteiger partial charge in [0.05, 0.1) is 12.3 Å². The van der Waals surface area contributed by atoms with Crippen LogP contribution in [0.4, 0.5) is 10.1 Å². The number of allylic oxidation sites excluding steroid dienone is 3. The molecule has 2 aromatic carbocycles. The van der Waals surface area contributed by atoms with Gasteiger partial charge < -0.3 is 46.9 Å². The maximum atomic E-state index is 14.8. The first-order valence-electron chi connectivity index (χ1n) is 29.9. The Hall–Kier alpha value is -4.32. The number of aromatic hydroxyl groups is 1. The number of phenolic OH excluding ortho intramolecular Hbond substituents is 1. The molecule has 0 aromatic heterocycles. The molecule has 6 atom stereocenters. The van der Waals surface area contributed by atoms with Gasteiger partial charge in [-0.3, -0.25) is 30.4 Å². The monoisotopic (exact) mass is 1360 g/mol. The Bertz CT molecular complexity index is 2500. The van der Waals surface area contributed by atoms with Crippen LogP contribution < -0.4 is 25.6 Å². The number of anilines is 1. The molecule has 2 aromatic rings. The molecule has 448 valence electrons. The Balaban J connectivity index is 0.000000308. The number of amides is 2. The number of halogens is 1. The molecular formula is C64H99FN8O6PU-. The van der Waals surface area contributed by atoms with Gasteiger partial charge in [0.25, 0.3) is 6.47 Å². The van der Waals surface area contributed by atoms with Crippen LogP contribution in [0.25, 0.3) is 11.3 Å². The fourth-order valence-electron chi connectivity index (χ4n) is 11.1. The van der Waals surface area contributed by atoms with Crippen molar-refractivity contribution in [2.45, 2.75) is 183 Å². The van der Waals surface area contributed by atoms with Crippen molar-refractivity contribution in [1.29, 1.82) is 0 Å². The predicted molar refractivity (Wildman–Crippen MR) is 332 cm³/mol. The molecule has 2 amide bonds. The second-order valence-electron chi connectivity index (χ2n) is 21.7. The molecule has 81 heavy (non-hydrogen) atoms. The van der Waals surface area contributed by atoms with E-state index < -0.39 is 0 Å². The van der Waals surface area contributed by atoms with Crippen LogP contribution in [0.15, 0.2) is 69.3 Å². The van der Waals surface area contributed by atoms with E-state index in [4.69, 9.17) is 26.0 Å². The Morgan fingerprint density at radius 3 is 2.41 bits per heavy atom. The molecule has 3 fully saturated rings. The molecule has 5 heterocycles. The molecule has 0 saturated carbocycles. The van der Waals surface area contributed by atoms with Gasteiger partial charge in [-0.15, -0.1) is 9.24 Å². The Kier molecular flexibility index (Phi) is 33.1. The molecule has 5 aliphatic heterocycles. The number of ether oxygens (including phenoxy) is 2. The van der Waals surface area contributed by atoms with E-state index in [1.165, 1.54) is 64.3 Å². The van der Waals surface area contributed by atoms with Crippen molar-refractivity contribution in [1.82, 2.24) is 25.8 Å². The molecule has 3 saturated heterocycles. The molecule has 4 N–H and O–H groups in total. The van der Waals surface area contributed by atoms with E-state index in [1.807, 2.05) is 66.2 Å². The SMILES string of the molecule is CCC1=NC2C(=CNC(c3cc(O)cc4c3C(CC)=C(F)CC4)=C2P)C(N2CCCC(C)C2)=N1.CCCCCOc1ccc(C)c(N(C)C(=O)CC)c1.CCCNC.O=COCC1CCC2CCCN21.[CH-]=CCCC(C)C(=O)NC.[U]. The minimum atomic E-state index is -0.165. The van der Waals surface area contributed by atoms with E-state index in [1.54, 1.807) is 30.2 Å². The van der Waals surface area contributed by atoms with Crippen molar-refractivity contribution in [3.8, 4) is 11.5 Å². The molecule has 0 bridgehead atoms. The van der Waals surface area contributed by atoms with Crippen LogP contribution in [0.1, 0.15) is 173 Å². The summed E-state index contributed by atoms with van der Waals surface area (Å²) in [5.41, 5.74) is 7.46. The van der Waals surface area contributed by atoms with Crippen LogP contribution in [-0.4, -0.2) is 124 Å². The van der Waals surface area contributed by atoms with Crippen molar-refractivity contribution in [2.75, 3.05) is 65.4 Å². The average Bonchev–Trinajstić information content (AvgIpc) is 4.29. The number of carbonyl (C=O) groups is 3. The fraction of sp³-hybridized carbons (Fsp3) is 0.609. The van der Waals surface area contributed by atoms with Crippen molar-refractivity contribution in [2.24, 2.45) is 21.8 Å². The van der Waals surface area contributed by atoms with E-state index in [0.29, 0.717) is 50.7 Å². The third-order valence-corrected chi connectivity index (χ3v) is 16.2. The predicted octanol–water partition coefficient (Wildman–Crippen LogP) is 12.3. The summed E-state index contributed by atoms with van der Waals surface area (Å²) in [6, 6.07) is 10.6. The second kappa shape index (κ2) is 37.8. The number of hydrogen-bond donors (Lipinski definition) is 4. The first kappa shape index (κ1) is 70.9. The van der Waals surface area contributed by atoms with Crippen molar-refractivity contribution in [3.63, 3.8) is 0 Å². The van der Waals surface area contributed by atoms with Gasteiger partial charge in [-0.2, -0.15) is 0 Å². The van der Waals surface area contributed by atoms with Crippen molar-refractivity contribution < 1.29 is 64.5 Å². The molecular weight excluding hydrogens is 1260 g/mol. The summed E-state index contributed by atoms with van der Waals surface area (Å²) in [4.78, 5) is 49.2. The van der Waals surface area contributed by atoms with Gasteiger partial charge >= 0.3 is 0 Å². The number of unbranched alkanes of at least 4 members (excludes halogenated alkanes) is 2. The largest absolute Gasteiger partial charge is 0.518 e. The standard InChI is InChI=1S/C27H34FN4OP.C16H25NO2.C9H15NO2.C8H14NO.C4H11N.U/c1-4-18-21(28)9-8-16-11-17(33)12-19(23(16)18)24-26(34)25-20(13-29-24)27(31-22(5-2)30-25)32-10-6-7-15(3)14-32;1-5-7-8-11-19-14-10-9-13(3)15(12-14)17(4)16(18)6-2;11-7-12-6-9-4-3-8-2-1-5-10(8)9;1-4-5-6-7(2)8(10)9-3;1-3-4-5-2;/h11-13,15,25,29,33H,4-10,14,34H2,1-3H3;9-10,12H,5-8,11H2,1-4H3;7-9H,1-6H2;1,4,7H,5-6H2,2-3H3,(H,9,10);5H,3-4H2,1-2H3;/q;;;-1;;. The first-order valence-corrected chi connectivity index (χ1v) is 30.4. The number of hydrogen-bond acceptors (Lipinski definition) is 12. The summed E-state index contributed by atoms with van der Waals surface area (Å²) < 4.78 is 25.4. The van der Waals surface area contributed by atoms with Crippen LogP contribution in [-0.2, 0) is 25.5 Å². The Morgan fingerprint density at radius 1 is 1.02 bits per heavy atom. The van der Waals surface area contributed by atoms with Crippen molar-refractivity contribution in [3.05, 3.63) is 88.2 Å². The molecule has 1 aliphatic carbocycles. The Labute approximate surface area is 512 Å². The number of fused-ring (bicyclic) bond motifs is 3. The van der Waals surface area contributed by atoms with Crippen molar-refractivity contribution >= 4 is 56.2 Å². The first-order chi connectivity index (χ1) is 38.5. The summed E-state index contributed by atoms with van der Waals surface area (Å²) in [5.74, 6) is 3.80. The minimum absolute atomic E-state index is 0. The maximum Gasteiger partial charge on any atom is 0.293 e. The zero-order valence-corrected chi connectivity index (χ0v) is 56.3. The number of nitrogens with zero attached hydrogens (tertiary/aromatic N) is 5. The van der Waals surface area contributed by atoms with E-state index in [0.717, 1.165) is 125 Å². The summed E-state index contributed by atoms with van der Waals surface area (Å²) in [7, 11) is 8.31. The molecule has 0 radical (unpaired) electrons. The topological polar surface area (TPSA) is 160 Å². The van der Waals surface area contributed by atoms with Gasteiger partial charge in [0, 0.05) is 130 Å². The summed E-state index contributed by atoms with van der Waals surface area (Å²) >= 11 is 0. The fourth-order valence-corrected chi connectivity index (χ4v) is 11.6. The van der Waals surface area contributed by atoms with Crippen LogP contribution >= 0.6 is 9.24 Å². The third kappa shape index (κ3) is 21.1. The smallest absolute Gasteiger partial charge is 0.293 e. The number of carbonyl (C=O) groups excluding carboxylic acids is 3. The Morgan fingerprint density at radius 2 is 1.78 bits per heavy atom. The summed E-state index contributed by atoms with van der Waals surface area (Å²) in [6.07, 6.45) is 20.4. The zero-order chi connectivity index (χ0) is 58.7. The third-order valence-electron chi connectivity index (χ3n) is 15.6. The molecule has 6 unspecified atom stereocenters. The summed E-state index contributed by atoms with van der Waals surface area (Å²) in [6.45, 7) is 27.9. The normalized spacial score (nSPS) is 20.0.